The van der Waals surface area contributed by atoms with Crippen LogP contribution in [0.15, 0.2) is 10.3 Å². The summed E-state index contributed by atoms with van der Waals surface area (Å²) in [6.07, 6.45) is 2.95. The fraction of sp³-hybridized carbons (Fsp3) is 0.733. The molecular formula is C15H28N2O2S2. The maximum absolute atomic E-state index is 12.9. The molecule has 6 heteroatoms. The molecule has 0 amide bonds. The second kappa shape index (κ2) is 8.88. The van der Waals surface area contributed by atoms with Crippen molar-refractivity contribution in [3.8, 4) is 0 Å². The summed E-state index contributed by atoms with van der Waals surface area (Å²) in [7, 11) is -3.37. The van der Waals surface area contributed by atoms with Gasteiger partial charge in [0.1, 0.15) is 4.90 Å². The molecule has 0 fully saturated rings. The van der Waals surface area contributed by atoms with Crippen LogP contribution in [-0.2, 0) is 16.6 Å². The van der Waals surface area contributed by atoms with Crippen LogP contribution in [-0.4, -0.2) is 32.4 Å². The Kier molecular flexibility index (Phi) is 7.87. The summed E-state index contributed by atoms with van der Waals surface area (Å²) in [4.78, 5) is 1.45. The van der Waals surface area contributed by atoms with E-state index in [1.54, 1.807) is 4.31 Å². The van der Waals surface area contributed by atoms with E-state index in [-0.39, 0.29) is 0 Å². The number of hydrogen-bond donors (Lipinski definition) is 1. The van der Waals surface area contributed by atoms with Crippen molar-refractivity contribution in [2.75, 3.05) is 19.6 Å². The lowest BCUT2D eigenvalue weighted by atomic mass is 10.3. The zero-order valence-corrected chi connectivity index (χ0v) is 15.2. The lowest BCUT2D eigenvalue weighted by molar-refractivity contribution is 0.418. The Morgan fingerprint density at radius 1 is 1.24 bits per heavy atom. The average Bonchev–Trinajstić information content (AvgIpc) is 2.81. The first-order valence-electron chi connectivity index (χ1n) is 7.76. The molecule has 1 N–H and O–H groups in total. The van der Waals surface area contributed by atoms with Gasteiger partial charge >= 0.3 is 0 Å². The lowest BCUT2D eigenvalue weighted by Crippen LogP contribution is -2.32. The molecule has 0 saturated carbocycles. The second-order valence-corrected chi connectivity index (χ2v) is 8.04. The summed E-state index contributed by atoms with van der Waals surface area (Å²) >= 11 is 1.54. The third-order valence-electron chi connectivity index (χ3n) is 3.41. The molecule has 0 unspecified atom stereocenters. The van der Waals surface area contributed by atoms with Crippen molar-refractivity contribution in [3.05, 3.63) is 15.8 Å². The summed E-state index contributed by atoms with van der Waals surface area (Å²) in [5, 5.41) is 5.25. The van der Waals surface area contributed by atoms with Crippen LogP contribution < -0.4 is 5.32 Å². The number of nitrogens with zero attached hydrogens (tertiary/aromatic N) is 1. The molecule has 0 bridgehead atoms. The first kappa shape index (κ1) is 18.6. The molecule has 1 rings (SSSR count). The highest BCUT2D eigenvalue weighted by atomic mass is 32.2. The topological polar surface area (TPSA) is 49.4 Å². The molecule has 122 valence electrons. The molecular weight excluding hydrogens is 304 g/mol. The molecule has 4 nitrogen and oxygen atoms in total. The van der Waals surface area contributed by atoms with Crippen molar-refractivity contribution in [2.24, 2.45) is 0 Å². The maximum Gasteiger partial charge on any atom is 0.244 e. The van der Waals surface area contributed by atoms with Gasteiger partial charge in [-0.2, -0.15) is 4.31 Å². The van der Waals surface area contributed by atoms with E-state index in [0.29, 0.717) is 24.5 Å². The monoisotopic (exact) mass is 332 g/mol. The Morgan fingerprint density at radius 2 is 1.95 bits per heavy atom. The summed E-state index contributed by atoms with van der Waals surface area (Å²) in [5.74, 6) is 0. The fourth-order valence-electron chi connectivity index (χ4n) is 2.25. The molecule has 21 heavy (non-hydrogen) atoms. The number of rotatable bonds is 10. The molecule has 1 aromatic rings. The van der Waals surface area contributed by atoms with Crippen molar-refractivity contribution in [1.29, 1.82) is 0 Å². The van der Waals surface area contributed by atoms with Gasteiger partial charge < -0.3 is 5.32 Å². The van der Waals surface area contributed by atoms with Gasteiger partial charge in [-0.1, -0.05) is 27.2 Å². The number of sulfonamides is 1. The van der Waals surface area contributed by atoms with Gasteiger partial charge in [-0.3, -0.25) is 0 Å². The Morgan fingerprint density at radius 3 is 2.52 bits per heavy atom. The third-order valence-corrected chi connectivity index (χ3v) is 6.85. The summed E-state index contributed by atoms with van der Waals surface area (Å²) < 4.78 is 27.4. The van der Waals surface area contributed by atoms with Crippen LogP contribution in [0, 0.1) is 6.92 Å². The Balaban J connectivity index is 3.03. The van der Waals surface area contributed by atoms with E-state index in [1.807, 2.05) is 19.2 Å². The normalized spacial score (nSPS) is 12.2. The highest BCUT2D eigenvalue weighted by Gasteiger charge is 2.28. The highest BCUT2D eigenvalue weighted by molar-refractivity contribution is 7.89. The minimum absolute atomic E-state index is 0.522. The number of unbranched alkanes of at least 4 members (excludes halogenated alkanes) is 1. The maximum atomic E-state index is 12.9. The van der Waals surface area contributed by atoms with E-state index in [2.05, 4.69) is 19.2 Å². The predicted octanol–water partition coefficient (Wildman–Crippen LogP) is 3.37. The van der Waals surface area contributed by atoms with Crippen molar-refractivity contribution < 1.29 is 8.42 Å². The van der Waals surface area contributed by atoms with Crippen molar-refractivity contribution in [2.45, 2.75) is 58.4 Å². The summed E-state index contributed by atoms with van der Waals surface area (Å²) in [5.41, 5.74) is 0.864. The first-order chi connectivity index (χ1) is 9.98. The Labute approximate surface area is 133 Å². The van der Waals surface area contributed by atoms with E-state index in [9.17, 15) is 8.42 Å². The SMILES string of the molecule is CCCCN(CC)S(=O)(=O)c1c(C)csc1CNCCC. The van der Waals surface area contributed by atoms with Gasteiger partial charge in [0.25, 0.3) is 0 Å². The summed E-state index contributed by atoms with van der Waals surface area (Å²) in [6, 6.07) is 0. The zero-order chi connectivity index (χ0) is 15.9. The molecule has 0 aliphatic carbocycles. The molecule has 0 atom stereocenters. The molecule has 0 aliphatic rings. The molecule has 0 spiro atoms. The fourth-order valence-corrected chi connectivity index (χ4v) is 5.46. The van der Waals surface area contributed by atoms with Gasteiger partial charge in [-0.05, 0) is 37.3 Å². The van der Waals surface area contributed by atoms with Crippen molar-refractivity contribution in [1.82, 2.24) is 9.62 Å². The number of hydrogen-bond acceptors (Lipinski definition) is 4. The van der Waals surface area contributed by atoms with Gasteiger partial charge in [0, 0.05) is 24.5 Å². The van der Waals surface area contributed by atoms with Gasteiger partial charge in [0.15, 0.2) is 0 Å². The minimum Gasteiger partial charge on any atom is -0.312 e. The predicted molar refractivity (Wildman–Crippen MR) is 90.4 cm³/mol. The van der Waals surface area contributed by atoms with E-state index < -0.39 is 10.0 Å². The number of aryl methyl sites for hydroxylation is 1. The highest BCUT2D eigenvalue weighted by Crippen LogP contribution is 2.29. The van der Waals surface area contributed by atoms with Gasteiger partial charge in [0.05, 0.1) is 0 Å². The van der Waals surface area contributed by atoms with E-state index in [4.69, 9.17) is 0 Å². The van der Waals surface area contributed by atoms with Crippen LogP contribution >= 0.6 is 11.3 Å². The van der Waals surface area contributed by atoms with Crippen LogP contribution in [0.25, 0.3) is 0 Å². The minimum atomic E-state index is -3.37. The smallest absolute Gasteiger partial charge is 0.244 e. The molecule has 0 radical (unpaired) electrons. The molecule has 0 saturated heterocycles. The largest absolute Gasteiger partial charge is 0.312 e. The summed E-state index contributed by atoms with van der Waals surface area (Å²) in [6.45, 7) is 10.6. The van der Waals surface area contributed by atoms with Crippen LogP contribution in [0.2, 0.25) is 0 Å². The number of nitrogens with one attached hydrogen (secondary N) is 1. The Bertz CT molecular complexity index is 524. The molecule has 1 heterocycles. The van der Waals surface area contributed by atoms with Crippen LogP contribution in [0.1, 0.15) is 50.5 Å². The third kappa shape index (κ3) is 4.77. The van der Waals surface area contributed by atoms with E-state index in [0.717, 1.165) is 36.2 Å². The Hall–Kier alpha value is -0.430. The average molecular weight is 333 g/mol. The zero-order valence-electron chi connectivity index (χ0n) is 13.6. The van der Waals surface area contributed by atoms with Crippen molar-refractivity contribution in [3.63, 3.8) is 0 Å². The van der Waals surface area contributed by atoms with E-state index in [1.165, 1.54) is 11.3 Å². The lowest BCUT2D eigenvalue weighted by Gasteiger charge is -2.21. The molecule has 1 aromatic heterocycles. The molecule has 0 aliphatic heterocycles. The standard InChI is InChI=1S/C15H28N2O2S2/c1-5-8-10-17(7-3)21(18,19)15-13(4)12-20-14(15)11-16-9-6-2/h12,16H,5-11H2,1-4H3. The van der Waals surface area contributed by atoms with Crippen LogP contribution in [0.4, 0.5) is 0 Å². The molecule has 0 aromatic carbocycles. The van der Waals surface area contributed by atoms with Crippen molar-refractivity contribution >= 4 is 21.4 Å². The first-order valence-corrected chi connectivity index (χ1v) is 10.1. The van der Waals surface area contributed by atoms with Crippen LogP contribution in [0.3, 0.4) is 0 Å². The number of thiophene rings is 1. The van der Waals surface area contributed by atoms with Gasteiger partial charge in [-0.15, -0.1) is 11.3 Å². The quantitative estimate of drug-likeness (QED) is 0.668. The van der Waals surface area contributed by atoms with Crippen LogP contribution in [0.5, 0.6) is 0 Å². The second-order valence-electron chi connectivity index (χ2n) is 5.20. The van der Waals surface area contributed by atoms with Gasteiger partial charge in [-0.25, -0.2) is 8.42 Å². The van der Waals surface area contributed by atoms with E-state index >= 15 is 0 Å². The van der Waals surface area contributed by atoms with Gasteiger partial charge in [0.2, 0.25) is 10.0 Å².